The first-order valence-corrected chi connectivity index (χ1v) is 12.1. The van der Waals surface area contributed by atoms with E-state index in [0.29, 0.717) is 28.4 Å². The molecule has 1 aromatic heterocycles. The number of nitrogens with zero attached hydrogens (tertiary/aromatic N) is 3. The first-order chi connectivity index (χ1) is 15.5. The number of likely N-dealkylation sites (tertiary alicyclic amines) is 1. The van der Waals surface area contributed by atoms with E-state index >= 15 is 0 Å². The van der Waals surface area contributed by atoms with Crippen LogP contribution >= 0.6 is 11.8 Å². The van der Waals surface area contributed by atoms with Crippen LogP contribution in [0.4, 0.5) is 4.39 Å². The zero-order chi connectivity index (χ0) is 22.7. The van der Waals surface area contributed by atoms with Crippen LogP contribution in [0.2, 0.25) is 0 Å². The minimum Gasteiger partial charge on any atom is -0.342 e. The van der Waals surface area contributed by atoms with Gasteiger partial charge in [0.15, 0.2) is 5.16 Å². The summed E-state index contributed by atoms with van der Waals surface area (Å²) < 4.78 is 16.1. The Balaban J connectivity index is 1.78. The molecule has 168 valence electrons. The Bertz CT molecular complexity index is 1170. The minimum absolute atomic E-state index is 0.0752. The third-order valence-corrected chi connectivity index (χ3v) is 7.21. The summed E-state index contributed by atoms with van der Waals surface area (Å²) in [6.07, 6.45) is 3.49. The van der Waals surface area contributed by atoms with Gasteiger partial charge in [0.1, 0.15) is 5.82 Å². The van der Waals surface area contributed by atoms with Gasteiger partial charge in [0.25, 0.3) is 5.56 Å². The number of fused-ring (bicyclic) bond motifs is 1. The highest BCUT2D eigenvalue weighted by Gasteiger charge is 2.29. The lowest BCUT2D eigenvalue weighted by Crippen LogP contribution is -2.42. The molecule has 1 saturated heterocycles. The lowest BCUT2D eigenvalue weighted by atomic mass is 9.99. The van der Waals surface area contributed by atoms with E-state index in [1.807, 2.05) is 17.9 Å². The van der Waals surface area contributed by atoms with Gasteiger partial charge < -0.3 is 4.90 Å². The number of rotatable bonds is 6. The zero-order valence-electron chi connectivity index (χ0n) is 18.5. The van der Waals surface area contributed by atoms with E-state index in [9.17, 15) is 14.0 Å². The Morgan fingerprint density at radius 1 is 1.16 bits per heavy atom. The number of thioether (sulfide) groups is 1. The van der Waals surface area contributed by atoms with Gasteiger partial charge in [0, 0.05) is 13.1 Å². The zero-order valence-corrected chi connectivity index (χ0v) is 19.3. The van der Waals surface area contributed by atoms with Gasteiger partial charge in [-0.3, -0.25) is 14.2 Å². The van der Waals surface area contributed by atoms with Crippen molar-refractivity contribution in [2.24, 2.45) is 5.92 Å². The van der Waals surface area contributed by atoms with Crippen molar-refractivity contribution in [2.45, 2.75) is 49.9 Å². The molecule has 3 aromatic rings. The largest absolute Gasteiger partial charge is 0.342 e. The van der Waals surface area contributed by atoms with E-state index in [0.717, 1.165) is 32.4 Å². The van der Waals surface area contributed by atoms with Crippen molar-refractivity contribution in [2.75, 3.05) is 13.1 Å². The Labute approximate surface area is 191 Å². The molecule has 1 unspecified atom stereocenters. The molecule has 2 heterocycles. The third-order valence-electron chi connectivity index (χ3n) is 6.01. The summed E-state index contributed by atoms with van der Waals surface area (Å²) in [5.41, 5.74) is 0.354. The van der Waals surface area contributed by atoms with Crippen LogP contribution in [0.25, 0.3) is 16.6 Å². The Morgan fingerprint density at radius 2 is 1.84 bits per heavy atom. The molecular weight excluding hydrogens is 425 g/mol. The van der Waals surface area contributed by atoms with E-state index in [2.05, 4.69) is 6.92 Å². The molecule has 1 aliphatic heterocycles. The summed E-state index contributed by atoms with van der Waals surface area (Å²) in [6.45, 7) is 5.77. The fraction of sp³-hybridized carbons (Fsp3) is 0.400. The highest BCUT2D eigenvalue weighted by molar-refractivity contribution is 8.00. The molecule has 0 N–H and O–H groups in total. The molecular formula is C25H28FN3O2S. The van der Waals surface area contributed by atoms with Crippen LogP contribution in [0.5, 0.6) is 0 Å². The Kier molecular flexibility index (Phi) is 6.94. The maximum atomic E-state index is 14.7. The van der Waals surface area contributed by atoms with Gasteiger partial charge in [-0.1, -0.05) is 56.3 Å². The average Bonchev–Trinajstić information content (AvgIpc) is 2.80. The molecule has 1 fully saturated rings. The van der Waals surface area contributed by atoms with Gasteiger partial charge in [-0.05, 0) is 49.4 Å². The lowest BCUT2D eigenvalue weighted by molar-refractivity contribution is -0.132. The van der Waals surface area contributed by atoms with Crippen molar-refractivity contribution in [1.29, 1.82) is 0 Å². The predicted octanol–water partition coefficient (Wildman–Crippen LogP) is 5.04. The number of piperidine rings is 1. The van der Waals surface area contributed by atoms with Gasteiger partial charge in [-0.25, -0.2) is 9.37 Å². The molecule has 32 heavy (non-hydrogen) atoms. The number of amides is 1. The molecule has 1 aliphatic rings. The first-order valence-electron chi connectivity index (χ1n) is 11.2. The van der Waals surface area contributed by atoms with Gasteiger partial charge in [0.2, 0.25) is 5.91 Å². The van der Waals surface area contributed by atoms with Crippen molar-refractivity contribution in [3.05, 3.63) is 64.7 Å². The highest BCUT2D eigenvalue weighted by Crippen LogP contribution is 2.30. The summed E-state index contributed by atoms with van der Waals surface area (Å²) in [6, 6.07) is 13.2. The van der Waals surface area contributed by atoms with E-state index in [4.69, 9.17) is 4.98 Å². The number of benzene rings is 2. The van der Waals surface area contributed by atoms with Gasteiger partial charge in [-0.15, -0.1) is 0 Å². The summed E-state index contributed by atoms with van der Waals surface area (Å²) in [4.78, 5) is 33.4. The maximum absolute atomic E-state index is 14.7. The Hall–Kier alpha value is -2.67. The topological polar surface area (TPSA) is 55.2 Å². The second kappa shape index (κ2) is 9.86. The van der Waals surface area contributed by atoms with Crippen molar-refractivity contribution in [1.82, 2.24) is 14.5 Å². The van der Waals surface area contributed by atoms with Gasteiger partial charge >= 0.3 is 0 Å². The fourth-order valence-electron chi connectivity index (χ4n) is 4.09. The molecule has 0 aliphatic carbocycles. The number of para-hydroxylation sites is 2. The molecule has 0 spiro atoms. The molecule has 0 saturated carbocycles. The van der Waals surface area contributed by atoms with Crippen LogP contribution in [0, 0.1) is 11.7 Å². The average molecular weight is 454 g/mol. The van der Waals surface area contributed by atoms with Gasteiger partial charge in [-0.2, -0.15) is 0 Å². The maximum Gasteiger partial charge on any atom is 0.266 e. The number of hydrogen-bond donors (Lipinski definition) is 0. The van der Waals surface area contributed by atoms with Crippen molar-refractivity contribution in [3.8, 4) is 5.69 Å². The molecule has 2 aromatic carbocycles. The second-order valence-electron chi connectivity index (χ2n) is 8.41. The fourth-order valence-corrected chi connectivity index (χ4v) is 5.39. The minimum atomic E-state index is -0.503. The van der Waals surface area contributed by atoms with Gasteiger partial charge in [0.05, 0.1) is 21.8 Å². The molecule has 1 atom stereocenters. The number of aromatic nitrogens is 2. The van der Waals surface area contributed by atoms with Crippen LogP contribution < -0.4 is 5.56 Å². The molecule has 1 amide bonds. The van der Waals surface area contributed by atoms with Crippen LogP contribution in [0.15, 0.2) is 58.5 Å². The predicted molar refractivity (Wildman–Crippen MR) is 127 cm³/mol. The molecule has 0 bridgehead atoms. The normalized spacial score (nSPS) is 15.8. The number of carbonyl (C=O) groups excluding carboxylic acids is 1. The molecule has 0 radical (unpaired) electrons. The van der Waals surface area contributed by atoms with E-state index in [1.54, 1.807) is 36.4 Å². The number of hydrogen-bond acceptors (Lipinski definition) is 4. The van der Waals surface area contributed by atoms with Crippen LogP contribution in [0.1, 0.15) is 39.5 Å². The molecule has 7 heteroatoms. The third kappa shape index (κ3) is 4.58. The lowest BCUT2D eigenvalue weighted by Gasteiger charge is -2.33. The van der Waals surface area contributed by atoms with Crippen LogP contribution in [-0.4, -0.2) is 38.7 Å². The molecule has 4 rings (SSSR count). The standard InChI is InChI=1S/C25H28FN3O2S/c1-3-8-22(24(31)28-15-13-17(2)14-16-28)32-25-27-20-11-6-4-9-18(20)23(30)29(25)21-12-7-5-10-19(21)26/h4-7,9-12,17,22H,3,8,13-16H2,1-2H3. The Morgan fingerprint density at radius 3 is 2.56 bits per heavy atom. The summed E-state index contributed by atoms with van der Waals surface area (Å²) in [7, 11) is 0. The molecule has 5 nitrogen and oxygen atoms in total. The SMILES string of the molecule is CCCC(Sc1nc2ccccc2c(=O)n1-c1ccccc1F)C(=O)N1CCC(C)CC1. The number of halogens is 1. The summed E-state index contributed by atoms with van der Waals surface area (Å²) in [5.74, 6) is 0.202. The quantitative estimate of drug-likeness (QED) is 0.387. The van der Waals surface area contributed by atoms with Crippen molar-refractivity contribution < 1.29 is 9.18 Å². The highest BCUT2D eigenvalue weighted by atomic mass is 32.2. The van der Waals surface area contributed by atoms with Crippen molar-refractivity contribution >= 4 is 28.6 Å². The first kappa shape index (κ1) is 22.5. The van der Waals surface area contributed by atoms with Crippen molar-refractivity contribution in [3.63, 3.8) is 0 Å². The summed E-state index contributed by atoms with van der Waals surface area (Å²) in [5, 5.41) is 0.388. The van der Waals surface area contributed by atoms with Crippen LogP contribution in [-0.2, 0) is 4.79 Å². The van der Waals surface area contributed by atoms with E-state index in [-0.39, 0.29) is 22.4 Å². The second-order valence-corrected chi connectivity index (χ2v) is 9.58. The smallest absolute Gasteiger partial charge is 0.266 e. The monoisotopic (exact) mass is 453 g/mol. The van der Waals surface area contributed by atoms with E-state index in [1.165, 1.54) is 22.4 Å². The summed E-state index contributed by atoms with van der Waals surface area (Å²) >= 11 is 1.27. The number of carbonyl (C=O) groups is 1. The van der Waals surface area contributed by atoms with Crippen LogP contribution in [0.3, 0.4) is 0 Å². The van der Waals surface area contributed by atoms with E-state index < -0.39 is 5.82 Å².